The van der Waals surface area contributed by atoms with Crippen LogP contribution in [0.15, 0.2) is 72.8 Å². The first-order chi connectivity index (χ1) is 25.6. The van der Waals surface area contributed by atoms with Gasteiger partial charge in [-0.15, -0.1) is 0 Å². The van der Waals surface area contributed by atoms with Crippen molar-refractivity contribution in [2.75, 3.05) is 0 Å². The van der Waals surface area contributed by atoms with Crippen LogP contribution in [0.4, 0.5) is 26.3 Å². The summed E-state index contributed by atoms with van der Waals surface area (Å²) in [6, 6.07) is 11.4. The lowest BCUT2D eigenvalue weighted by atomic mass is 9.91. The summed E-state index contributed by atoms with van der Waals surface area (Å²) in [6.07, 6.45) is -2.52. The molecule has 0 heterocycles. The number of fused-ring (bicyclic) bond motifs is 12. The fourth-order valence-corrected chi connectivity index (χ4v) is 7.15. The van der Waals surface area contributed by atoms with Crippen molar-refractivity contribution in [1.82, 2.24) is 0 Å². The highest BCUT2D eigenvalue weighted by Crippen LogP contribution is 2.40. The number of benzene rings is 6. The van der Waals surface area contributed by atoms with Gasteiger partial charge in [0.05, 0.1) is 0 Å². The fraction of sp³-hybridized carbons (Fsp3) is 0.143. The number of phenols is 6. The average Bonchev–Trinajstić information content (AvgIpc) is 3.09. The molecule has 1 aliphatic rings. The molecule has 6 N–H and O–H groups in total. The van der Waals surface area contributed by atoms with E-state index in [-0.39, 0.29) is 66.8 Å². The summed E-state index contributed by atoms with van der Waals surface area (Å²) in [4.78, 5) is 0. The van der Waals surface area contributed by atoms with E-state index >= 15 is 26.3 Å². The van der Waals surface area contributed by atoms with E-state index in [0.717, 1.165) is 72.8 Å². The summed E-state index contributed by atoms with van der Waals surface area (Å²) in [5.74, 6) is -8.08. The van der Waals surface area contributed by atoms with Crippen LogP contribution < -0.4 is 0 Å². The van der Waals surface area contributed by atoms with Gasteiger partial charge in [0, 0.05) is 105 Å². The number of hydrogen-bond donors (Lipinski definition) is 6. The Morgan fingerprint density at radius 2 is 0.315 bits per heavy atom. The summed E-state index contributed by atoms with van der Waals surface area (Å²) in [7, 11) is 0. The Bertz CT molecular complexity index is 1910. The van der Waals surface area contributed by atoms with Crippen molar-refractivity contribution in [1.29, 1.82) is 0 Å². The summed E-state index contributed by atoms with van der Waals surface area (Å²) in [5.41, 5.74) is -1.28. The molecule has 0 spiro atoms. The van der Waals surface area contributed by atoms with Crippen LogP contribution in [0, 0.1) is 34.9 Å². The first kappa shape index (κ1) is 36.1. The molecule has 276 valence electrons. The van der Waals surface area contributed by atoms with Gasteiger partial charge in [0.25, 0.3) is 0 Å². The highest BCUT2D eigenvalue weighted by atomic mass is 19.1. The van der Waals surface area contributed by atoms with Crippen LogP contribution in [0.3, 0.4) is 0 Å². The van der Waals surface area contributed by atoms with Gasteiger partial charge in [0.15, 0.2) is 0 Å². The monoisotopic (exact) mass is 744 g/mol. The molecule has 6 aromatic carbocycles. The van der Waals surface area contributed by atoms with Crippen molar-refractivity contribution in [3.63, 3.8) is 0 Å². The molecule has 0 aromatic heterocycles. The van der Waals surface area contributed by atoms with Crippen molar-refractivity contribution < 1.29 is 57.0 Å². The quantitative estimate of drug-likeness (QED) is 0.0866. The molecule has 6 aromatic rings. The predicted molar refractivity (Wildman–Crippen MR) is 185 cm³/mol. The van der Waals surface area contributed by atoms with Gasteiger partial charge in [-0.2, -0.15) is 0 Å². The maximum atomic E-state index is 15.0. The summed E-state index contributed by atoms with van der Waals surface area (Å²) in [5, 5.41) is 67.4. The second-order valence-corrected chi connectivity index (χ2v) is 13.5. The van der Waals surface area contributed by atoms with E-state index in [4.69, 9.17) is 0 Å². The molecule has 0 radical (unpaired) electrons. The van der Waals surface area contributed by atoms with Crippen molar-refractivity contribution in [2.24, 2.45) is 0 Å². The third-order valence-electron chi connectivity index (χ3n) is 9.68. The largest absolute Gasteiger partial charge is 0.507 e. The number of phenolic OH excluding ortho intramolecular Hbond substituents is 6. The van der Waals surface area contributed by atoms with Crippen LogP contribution in [0.25, 0.3) is 0 Å². The minimum atomic E-state index is -0.850. The molecule has 54 heavy (non-hydrogen) atoms. The lowest BCUT2D eigenvalue weighted by Gasteiger charge is -2.17. The maximum absolute atomic E-state index is 15.0. The summed E-state index contributed by atoms with van der Waals surface area (Å²) >= 11 is 0. The molecule has 0 unspecified atom stereocenters. The van der Waals surface area contributed by atoms with Crippen LogP contribution in [-0.2, 0) is 38.5 Å². The Kier molecular flexibility index (Phi) is 9.30. The molecule has 7 rings (SSSR count). The van der Waals surface area contributed by atoms with Crippen molar-refractivity contribution >= 4 is 0 Å². The first-order valence-electron chi connectivity index (χ1n) is 16.6. The van der Waals surface area contributed by atoms with Crippen LogP contribution in [0.1, 0.15) is 66.8 Å². The van der Waals surface area contributed by atoms with E-state index in [1.165, 1.54) is 0 Å². The molecule has 0 saturated carbocycles. The van der Waals surface area contributed by atoms with Gasteiger partial charge in [0.1, 0.15) is 69.4 Å². The van der Waals surface area contributed by atoms with E-state index in [2.05, 4.69) is 0 Å². The lowest BCUT2D eigenvalue weighted by molar-refractivity contribution is 0.446. The predicted octanol–water partition coefficient (Wildman–Crippen LogP) is 8.61. The Morgan fingerprint density at radius 1 is 0.222 bits per heavy atom. The van der Waals surface area contributed by atoms with Gasteiger partial charge in [0.2, 0.25) is 0 Å². The molecule has 0 saturated heterocycles. The van der Waals surface area contributed by atoms with Crippen LogP contribution >= 0.6 is 0 Å². The second kappa shape index (κ2) is 13.9. The number of hydrogen-bond acceptors (Lipinski definition) is 6. The van der Waals surface area contributed by atoms with Crippen LogP contribution in [0.5, 0.6) is 34.5 Å². The molecular formula is C42H30F6O6. The highest BCUT2D eigenvalue weighted by Gasteiger charge is 2.23. The van der Waals surface area contributed by atoms with Crippen LogP contribution in [0.2, 0.25) is 0 Å². The zero-order chi connectivity index (χ0) is 38.6. The summed E-state index contributed by atoms with van der Waals surface area (Å²) < 4.78 is 90.1. The van der Waals surface area contributed by atoms with Gasteiger partial charge >= 0.3 is 0 Å². The van der Waals surface area contributed by atoms with E-state index in [9.17, 15) is 30.6 Å². The molecule has 0 aliphatic heterocycles. The topological polar surface area (TPSA) is 121 Å². The minimum Gasteiger partial charge on any atom is -0.507 e. The molecule has 12 heteroatoms. The SMILES string of the molecule is Oc1c2cc(F)cc1Cc1cc(F)cc(c1O)Cc1cc(F)cc(c1O)Cc1cc(F)cc(c1O)Cc1cc(F)cc(c1O)Cc1cc(F)cc(c1O)C2. The Morgan fingerprint density at radius 3 is 0.407 bits per heavy atom. The van der Waals surface area contributed by atoms with Gasteiger partial charge in [-0.05, 0) is 72.8 Å². The molecule has 0 amide bonds. The zero-order valence-electron chi connectivity index (χ0n) is 28.1. The van der Waals surface area contributed by atoms with Gasteiger partial charge in [-0.3, -0.25) is 0 Å². The second-order valence-electron chi connectivity index (χ2n) is 13.5. The third kappa shape index (κ3) is 7.06. The standard InChI is InChI=1S/C42H30F6O6/c43-31-7-19-1-20-8-32(44)10-22(38(20)50)3-24-12-34(46)14-26(40(24)52)5-28-16-36(48)18-30(42(28)54)6-29-17-35(47)15-27(41(29)53)4-25-13-33(45)11-23(39(25)51)2-21(9-31)37(19)49/h7-18,49-54H,1-6H2. The highest BCUT2D eigenvalue weighted by molar-refractivity contribution is 5.56. The molecule has 0 atom stereocenters. The van der Waals surface area contributed by atoms with Gasteiger partial charge in [-0.1, -0.05) is 0 Å². The number of halogens is 6. The van der Waals surface area contributed by atoms with Gasteiger partial charge in [-0.25, -0.2) is 26.3 Å². The Balaban J connectivity index is 1.43. The Hall–Kier alpha value is -6.30. The smallest absolute Gasteiger partial charge is 0.124 e. The number of rotatable bonds is 0. The molecule has 1 aliphatic carbocycles. The molecular weight excluding hydrogens is 714 g/mol. The zero-order valence-corrected chi connectivity index (χ0v) is 28.1. The normalized spacial score (nSPS) is 13.0. The van der Waals surface area contributed by atoms with E-state index in [0.29, 0.717) is 0 Å². The lowest BCUT2D eigenvalue weighted by Crippen LogP contribution is -2.03. The summed E-state index contributed by atoms with van der Waals surface area (Å²) in [6.45, 7) is 0. The number of aromatic hydroxyl groups is 6. The van der Waals surface area contributed by atoms with Crippen molar-refractivity contribution in [3.8, 4) is 34.5 Å². The van der Waals surface area contributed by atoms with E-state index < -0.39 is 108 Å². The van der Waals surface area contributed by atoms with Gasteiger partial charge < -0.3 is 30.6 Å². The average molecular weight is 745 g/mol. The van der Waals surface area contributed by atoms with E-state index in [1.54, 1.807) is 0 Å². The van der Waals surface area contributed by atoms with Crippen molar-refractivity contribution in [2.45, 2.75) is 38.5 Å². The van der Waals surface area contributed by atoms with E-state index in [1.807, 2.05) is 0 Å². The first-order valence-corrected chi connectivity index (χ1v) is 16.6. The Labute approximate surface area is 304 Å². The molecule has 6 nitrogen and oxygen atoms in total. The van der Waals surface area contributed by atoms with Crippen molar-refractivity contribution in [3.05, 3.63) is 174 Å². The fourth-order valence-electron chi connectivity index (χ4n) is 7.15. The molecule has 0 fully saturated rings. The maximum Gasteiger partial charge on any atom is 0.124 e. The molecule has 12 bridgehead atoms. The minimum absolute atomic E-state index is 0.107. The van der Waals surface area contributed by atoms with Crippen LogP contribution in [-0.4, -0.2) is 30.6 Å². The third-order valence-corrected chi connectivity index (χ3v) is 9.68.